The first-order valence-electron chi connectivity index (χ1n) is 6.12. The van der Waals surface area contributed by atoms with Crippen molar-refractivity contribution < 1.29 is 0 Å². The summed E-state index contributed by atoms with van der Waals surface area (Å²) in [6.07, 6.45) is 7.70. The van der Waals surface area contributed by atoms with Crippen molar-refractivity contribution >= 4 is 5.84 Å². The number of amidine groups is 1. The Balaban J connectivity index is 1.78. The SMILES string of the molecule is CCCC(=N)N(CC1CC1)CC1CC1. The van der Waals surface area contributed by atoms with Crippen LogP contribution in [0.25, 0.3) is 0 Å². The van der Waals surface area contributed by atoms with Gasteiger partial charge in [0, 0.05) is 19.5 Å². The second-order valence-corrected chi connectivity index (χ2v) is 4.99. The average Bonchev–Trinajstić information content (AvgIpc) is 2.97. The van der Waals surface area contributed by atoms with Gasteiger partial charge in [0.05, 0.1) is 5.84 Å². The van der Waals surface area contributed by atoms with Crippen molar-refractivity contribution in [3.63, 3.8) is 0 Å². The highest BCUT2D eigenvalue weighted by Crippen LogP contribution is 2.33. The molecule has 0 aromatic carbocycles. The first-order valence-corrected chi connectivity index (χ1v) is 6.12. The molecule has 2 heteroatoms. The molecule has 0 bridgehead atoms. The standard InChI is InChI=1S/C12H22N2/c1-2-3-12(13)14(8-10-4-5-10)9-11-6-7-11/h10-11,13H,2-9H2,1H3. The molecule has 2 nitrogen and oxygen atoms in total. The highest BCUT2D eigenvalue weighted by molar-refractivity contribution is 5.79. The number of rotatable bonds is 6. The fourth-order valence-corrected chi connectivity index (χ4v) is 1.91. The van der Waals surface area contributed by atoms with Crippen molar-refractivity contribution in [1.82, 2.24) is 4.90 Å². The number of nitrogens with one attached hydrogen (secondary N) is 1. The number of hydrogen-bond donors (Lipinski definition) is 1. The summed E-state index contributed by atoms with van der Waals surface area (Å²) in [4.78, 5) is 2.36. The van der Waals surface area contributed by atoms with Gasteiger partial charge in [-0.05, 0) is 43.9 Å². The van der Waals surface area contributed by atoms with Crippen LogP contribution < -0.4 is 0 Å². The minimum atomic E-state index is 0.895. The fraction of sp³-hybridized carbons (Fsp3) is 0.917. The molecule has 2 aliphatic rings. The van der Waals surface area contributed by atoms with Crippen LogP contribution in [0.3, 0.4) is 0 Å². The second kappa shape index (κ2) is 4.33. The van der Waals surface area contributed by atoms with Gasteiger partial charge < -0.3 is 4.90 Å². The Kier molecular flexibility index (Phi) is 3.09. The summed E-state index contributed by atoms with van der Waals surface area (Å²) in [5.74, 6) is 2.74. The lowest BCUT2D eigenvalue weighted by atomic mass is 10.2. The third-order valence-electron chi connectivity index (χ3n) is 3.22. The van der Waals surface area contributed by atoms with Gasteiger partial charge >= 0.3 is 0 Å². The van der Waals surface area contributed by atoms with Crippen LogP contribution in [-0.4, -0.2) is 23.8 Å². The topological polar surface area (TPSA) is 27.1 Å². The van der Waals surface area contributed by atoms with Crippen molar-refractivity contribution in [3.05, 3.63) is 0 Å². The molecule has 0 saturated heterocycles. The first-order chi connectivity index (χ1) is 6.79. The molecule has 0 heterocycles. The highest BCUT2D eigenvalue weighted by atomic mass is 15.2. The Labute approximate surface area is 87.2 Å². The normalized spacial score (nSPS) is 20.9. The third-order valence-corrected chi connectivity index (χ3v) is 3.22. The Morgan fingerprint density at radius 2 is 1.64 bits per heavy atom. The van der Waals surface area contributed by atoms with Gasteiger partial charge in [-0.3, -0.25) is 5.41 Å². The fourth-order valence-electron chi connectivity index (χ4n) is 1.91. The van der Waals surface area contributed by atoms with E-state index in [9.17, 15) is 0 Å². The molecule has 0 radical (unpaired) electrons. The van der Waals surface area contributed by atoms with E-state index in [4.69, 9.17) is 5.41 Å². The van der Waals surface area contributed by atoms with E-state index in [1.165, 1.54) is 38.8 Å². The maximum atomic E-state index is 8.01. The number of hydrogen-bond acceptors (Lipinski definition) is 1. The molecular weight excluding hydrogens is 172 g/mol. The van der Waals surface area contributed by atoms with Crippen LogP contribution in [0, 0.1) is 17.2 Å². The quantitative estimate of drug-likeness (QED) is 0.511. The van der Waals surface area contributed by atoms with E-state index < -0.39 is 0 Å². The van der Waals surface area contributed by atoms with E-state index in [2.05, 4.69) is 11.8 Å². The van der Waals surface area contributed by atoms with Crippen molar-refractivity contribution in [3.8, 4) is 0 Å². The predicted octanol–water partition coefficient (Wildman–Crippen LogP) is 2.89. The van der Waals surface area contributed by atoms with Crippen molar-refractivity contribution in [1.29, 1.82) is 5.41 Å². The zero-order valence-corrected chi connectivity index (χ0v) is 9.26. The summed E-state index contributed by atoms with van der Waals surface area (Å²) in [5, 5.41) is 8.01. The molecule has 2 fully saturated rings. The smallest absolute Gasteiger partial charge is 0.0957 e. The van der Waals surface area contributed by atoms with Crippen LogP contribution in [0.15, 0.2) is 0 Å². The second-order valence-electron chi connectivity index (χ2n) is 4.99. The molecule has 2 aliphatic carbocycles. The molecule has 14 heavy (non-hydrogen) atoms. The van der Waals surface area contributed by atoms with Gasteiger partial charge in [-0.25, -0.2) is 0 Å². The first kappa shape index (κ1) is 10.0. The summed E-state index contributed by atoms with van der Waals surface area (Å²) in [7, 11) is 0. The van der Waals surface area contributed by atoms with Gasteiger partial charge in [0.1, 0.15) is 0 Å². The van der Waals surface area contributed by atoms with Crippen LogP contribution >= 0.6 is 0 Å². The van der Waals surface area contributed by atoms with E-state index in [0.717, 1.165) is 30.5 Å². The average molecular weight is 194 g/mol. The summed E-state index contributed by atoms with van der Waals surface area (Å²) in [6, 6.07) is 0. The minimum absolute atomic E-state index is 0.895. The number of nitrogens with zero attached hydrogens (tertiary/aromatic N) is 1. The molecule has 1 N–H and O–H groups in total. The predicted molar refractivity (Wildman–Crippen MR) is 59.7 cm³/mol. The van der Waals surface area contributed by atoms with E-state index in [-0.39, 0.29) is 0 Å². The van der Waals surface area contributed by atoms with Crippen molar-refractivity contribution in [2.24, 2.45) is 11.8 Å². The van der Waals surface area contributed by atoms with Gasteiger partial charge in [0.25, 0.3) is 0 Å². The van der Waals surface area contributed by atoms with Gasteiger partial charge in [0.15, 0.2) is 0 Å². The van der Waals surface area contributed by atoms with Crippen LogP contribution in [0.1, 0.15) is 45.4 Å². The van der Waals surface area contributed by atoms with Crippen LogP contribution in [-0.2, 0) is 0 Å². The van der Waals surface area contributed by atoms with Gasteiger partial charge in [0.2, 0.25) is 0 Å². The molecule has 0 spiro atoms. The Morgan fingerprint density at radius 1 is 1.14 bits per heavy atom. The Hall–Kier alpha value is -0.530. The molecule has 0 aromatic heterocycles. The molecule has 0 aliphatic heterocycles. The van der Waals surface area contributed by atoms with Crippen LogP contribution in [0.4, 0.5) is 0 Å². The molecule has 2 rings (SSSR count). The van der Waals surface area contributed by atoms with Crippen LogP contribution in [0.5, 0.6) is 0 Å². The summed E-state index contributed by atoms with van der Waals surface area (Å²) < 4.78 is 0. The van der Waals surface area contributed by atoms with E-state index in [0.29, 0.717) is 0 Å². The Bertz CT molecular complexity index is 190. The molecule has 0 amide bonds. The highest BCUT2D eigenvalue weighted by Gasteiger charge is 2.29. The van der Waals surface area contributed by atoms with Gasteiger partial charge in [-0.2, -0.15) is 0 Å². The molecular formula is C12H22N2. The van der Waals surface area contributed by atoms with Crippen LogP contribution in [0.2, 0.25) is 0 Å². The molecule has 0 atom stereocenters. The van der Waals surface area contributed by atoms with E-state index in [1.54, 1.807) is 0 Å². The summed E-state index contributed by atoms with van der Waals surface area (Å²) in [6.45, 7) is 4.52. The van der Waals surface area contributed by atoms with Gasteiger partial charge in [-0.15, -0.1) is 0 Å². The monoisotopic (exact) mass is 194 g/mol. The summed E-state index contributed by atoms with van der Waals surface area (Å²) >= 11 is 0. The Morgan fingerprint density at radius 3 is 2.00 bits per heavy atom. The molecule has 0 aromatic rings. The zero-order valence-electron chi connectivity index (χ0n) is 9.26. The molecule has 0 unspecified atom stereocenters. The van der Waals surface area contributed by atoms with E-state index in [1.807, 2.05) is 0 Å². The molecule has 2 saturated carbocycles. The van der Waals surface area contributed by atoms with E-state index >= 15 is 0 Å². The van der Waals surface area contributed by atoms with Crippen molar-refractivity contribution in [2.45, 2.75) is 45.4 Å². The third kappa shape index (κ3) is 3.00. The lowest BCUT2D eigenvalue weighted by molar-refractivity contribution is 0.372. The van der Waals surface area contributed by atoms with Crippen molar-refractivity contribution in [2.75, 3.05) is 13.1 Å². The maximum absolute atomic E-state index is 8.01. The largest absolute Gasteiger partial charge is 0.360 e. The maximum Gasteiger partial charge on any atom is 0.0957 e. The molecule has 80 valence electrons. The summed E-state index contributed by atoms with van der Waals surface area (Å²) in [5.41, 5.74) is 0. The minimum Gasteiger partial charge on any atom is -0.360 e. The van der Waals surface area contributed by atoms with Gasteiger partial charge in [-0.1, -0.05) is 6.92 Å². The zero-order chi connectivity index (χ0) is 9.97. The lowest BCUT2D eigenvalue weighted by Gasteiger charge is -2.25. The lowest BCUT2D eigenvalue weighted by Crippen LogP contribution is -2.34.